The zero-order chi connectivity index (χ0) is 13.0. The number of rotatable bonds is 6. The Morgan fingerprint density at radius 2 is 1.62 bits per heavy atom. The van der Waals surface area contributed by atoms with Gasteiger partial charge in [-0.05, 0) is 0 Å². The molecule has 3 nitrogen and oxygen atoms in total. The summed E-state index contributed by atoms with van der Waals surface area (Å²) >= 11 is 18.3. The molecule has 0 radical (unpaired) electrons. The van der Waals surface area contributed by atoms with E-state index in [1.807, 2.05) is 33.8 Å². The van der Waals surface area contributed by atoms with Gasteiger partial charge in [0.2, 0.25) is 0 Å². The number of hydroxylamine groups is 2. The quantitative estimate of drug-likeness (QED) is 0.518. The van der Waals surface area contributed by atoms with Crippen LogP contribution in [0.15, 0.2) is 0 Å². The summed E-state index contributed by atoms with van der Waals surface area (Å²) < 4.78 is 5.56. The fourth-order valence-corrected chi connectivity index (χ4v) is 3.87. The number of halogens is 3. The van der Waals surface area contributed by atoms with Crippen LogP contribution in [0.4, 0.5) is 0 Å². The van der Waals surface area contributed by atoms with E-state index in [-0.39, 0.29) is 24.7 Å². The number of nitrogens with zero attached hydrogens (tertiary/aromatic N) is 2. The first-order valence-corrected chi connectivity index (χ1v) is 10.1. The summed E-state index contributed by atoms with van der Waals surface area (Å²) in [5, 5.41) is 10.2. The van der Waals surface area contributed by atoms with Crippen molar-refractivity contribution in [1.29, 1.82) is 5.26 Å². The van der Waals surface area contributed by atoms with Crippen molar-refractivity contribution in [3.8, 4) is 6.07 Å². The summed E-state index contributed by atoms with van der Waals surface area (Å²) in [6.07, 6.45) is 0.334. The van der Waals surface area contributed by atoms with Crippen LogP contribution in [0.3, 0.4) is 0 Å². The van der Waals surface area contributed by atoms with Crippen LogP contribution in [0.25, 0.3) is 0 Å². The molecule has 7 heteroatoms. The average Bonchev–Trinajstić information content (AvgIpc) is 2.10. The van der Waals surface area contributed by atoms with E-state index in [4.69, 9.17) is 43.6 Å². The van der Waals surface area contributed by atoms with Crippen LogP contribution in [0.5, 0.6) is 0 Å². The Bertz CT molecular complexity index is 262. The summed E-state index contributed by atoms with van der Waals surface area (Å²) in [6, 6.07) is 2.18. The van der Waals surface area contributed by atoms with Crippen LogP contribution in [0, 0.1) is 11.3 Å². The summed E-state index contributed by atoms with van der Waals surface area (Å²) in [4.78, 5) is -3.76. The van der Waals surface area contributed by atoms with Crippen molar-refractivity contribution in [3.05, 3.63) is 0 Å². The molecule has 0 spiro atoms. The zero-order valence-corrected chi connectivity index (χ0v) is 13.1. The Labute approximate surface area is 112 Å². The first kappa shape index (κ1) is 16.7. The zero-order valence-electron chi connectivity index (χ0n) is 9.95. The molecule has 0 saturated heterocycles. The number of hydrogen-bond acceptors (Lipinski definition) is 3. The van der Waals surface area contributed by atoms with Gasteiger partial charge in [-0.1, -0.05) is 0 Å². The Morgan fingerprint density at radius 3 is 1.94 bits per heavy atom. The van der Waals surface area contributed by atoms with Crippen molar-refractivity contribution in [1.82, 2.24) is 5.06 Å². The van der Waals surface area contributed by atoms with Gasteiger partial charge in [0.05, 0.1) is 0 Å². The van der Waals surface area contributed by atoms with Crippen molar-refractivity contribution in [2.24, 2.45) is 0 Å². The summed E-state index contributed by atoms with van der Waals surface area (Å²) in [5.41, 5.74) is 0. The van der Waals surface area contributed by atoms with Gasteiger partial charge in [-0.2, -0.15) is 0 Å². The van der Waals surface area contributed by atoms with E-state index in [1.165, 1.54) is 0 Å². The van der Waals surface area contributed by atoms with E-state index in [2.05, 4.69) is 0 Å². The second-order valence-electron chi connectivity index (χ2n) is 4.15. The molecule has 0 aliphatic rings. The Kier molecular flexibility index (Phi) is 6.32. The first-order chi connectivity index (χ1) is 7.07. The molecule has 0 atom stereocenters. The molecule has 0 N–H and O–H groups in total. The molecule has 0 aliphatic heterocycles. The molecule has 0 fully saturated rings. The fourth-order valence-electron chi connectivity index (χ4n) is 1.22. The minimum absolute atomic E-state index is 0.111. The Balaban J connectivity index is 4.70. The van der Waals surface area contributed by atoms with Crippen LogP contribution in [0.1, 0.15) is 34.1 Å². The molecule has 0 saturated carbocycles. The van der Waals surface area contributed by atoms with Crippen molar-refractivity contribution in [2.75, 3.05) is 6.16 Å². The van der Waals surface area contributed by atoms with Crippen molar-refractivity contribution < 1.29 is 4.62 Å². The summed E-state index contributed by atoms with van der Waals surface area (Å²) in [6.45, 7) is 7.84. The second-order valence-corrected chi connectivity index (χ2v) is 14.5. The predicted octanol–water partition coefficient (Wildman–Crippen LogP) is 4.88. The third-order valence-electron chi connectivity index (χ3n) is 1.83. The van der Waals surface area contributed by atoms with Crippen LogP contribution >= 0.6 is 38.6 Å². The molecule has 0 rings (SSSR count). The van der Waals surface area contributed by atoms with E-state index in [0.29, 0.717) is 0 Å². The number of hydrogen-bond donors (Lipinski definition) is 0. The van der Waals surface area contributed by atoms with Crippen molar-refractivity contribution >= 4 is 38.6 Å². The van der Waals surface area contributed by atoms with Gasteiger partial charge in [-0.3, -0.25) is 0 Å². The third-order valence-corrected chi connectivity index (χ3v) is 5.31. The molecular weight excluding hydrogens is 289 g/mol. The molecule has 0 unspecified atom stereocenters. The van der Waals surface area contributed by atoms with Gasteiger partial charge in [-0.15, -0.1) is 0 Å². The van der Waals surface area contributed by atoms with Crippen molar-refractivity contribution in [2.45, 2.75) is 46.2 Å². The molecule has 96 valence electrons. The van der Waals surface area contributed by atoms with E-state index in [9.17, 15) is 0 Å². The molecular formula is C9H18Cl3N2OP. The normalized spacial score (nSPS) is 15.2. The van der Waals surface area contributed by atoms with E-state index in [0.717, 1.165) is 0 Å². The van der Waals surface area contributed by atoms with Crippen LogP contribution in [-0.4, -0.2) is 23.3 Å². The molecule has 16 heavy (non-hydrogen) atoms. The third kappa shape index (κ3) is 6.45. The Hall–Kier alpha value is 0.710. The molecule has 0 heterocycles. The topological polar surface area (TPSA) is 36.3 Å². The summed E-state index contributed by atoms with van der Waals surface area (Å²) in [7, 11) is 0. The predicted molar refractivity (Wildman–Crippen MR) is 72.8 cm³/mol. The van der Waals surface area contributed by atoms with Crippen LogP contribution in [-0.2, 0) is 4.62 Å². The monoisotopic (exact) mass is 306 g/mol. The van der Waals surface area contributed by atoms with Gasteiger partial charge >= 0.3 is 112 Å². The second kappa shape index (κ2) is 6.05. The standard InChI is InChI=1S/C9H18Cl3N2OP/c1-8(2)14(9(3)4)15-16(10,11,12)7-5-6-13/h8-9H,5,7H2,1-4H3. The Morgan fingerprint density at radius 1 is 1.19 bits per heavy atom. The van der Waals surface area contributed by atoms with E-state index in [1.54, 1.807) is 5.06 Å². The van der Waals surface area contributed by atoms with E-state index >= 15 is 0 Å². The van der Waals surface area contributed by atoms with Crippen LogP contribution in [0.2, 0.25) is 0 Å². The molecule has 0 aliphatic carbocycles. The van der Waals surface area contributed by atoms with Gasteiger partial charge in [0.15, 0.2) is 0 Å². The summed E-state index contributed by atoms with van der Waals surface area (Å²) in [5.74, 6) is 0. The van der Waals surface area contributed by atoms with Crippen LogP contribution < -0.4 is 0 Å². The van der Waals surface area contributed by atoms with Gasteiger partial charge in [0.25, 0.3) is 0 Å². The van der Waals surface area contributed by atoms with Gasteiger partial charge in [-0.25, -0.2) is 0 Å². The minimum atomic E-state index is -3.76. The molecule has 0 bridgehead atoms. The molecule has 0 amide bonds. The molecule has 0 aromatic rings. The molecule has 0 aromatic carbocycles. The number of nitriles is 1. The average molecular weight is 308 g/mol. The first-order valence-electron chi connectivity index (χ1n) is 5.09. The van der Waals surface area contributed by atoms with Gasteiger partial charge in [0, 0.05) is 0 Å². The van der Waals surface area contributed by atoms with Crippen molar-refractivity contribution in [3.63, 3.8) is 0 Å². The maximum absolute atomic E-state index is 8.52. The van der Waals surface area contributed by atoms with E-state index < -0.39 is 4.89 Å². The SMILES string of the molecule is CC(C)N(OP(Cl)(Cl)(Cl)CCC#N)C(C)C. The fraction of sp³-hybridized carbons (Fsp3) is 0.889. The van der Waals surface area contributed by atoms with Gasteiger partial charge < -0.3 is 0 Å². The molecule has 0 aromatic heterocycles. The van der Waals surface area contributed by atoms with Gasteiger partial charge in [0.1, 0.15) is 0 Å². The maximum atomic E-state index is 8.52.